The second kappa shape index (κ2) is 5.73. The van der Waals surface area contributed by atoms with Crippen LogP contribution in [0.4, 0.5) is 0 Å². The first kappa shape index (κ1) is 14.7. The lowest BCUT2D eigenvalue weighted by atomic mass is 9.98. The van der Waals surface area contributed by atoms with Gasteiger partial charge in [0.25, 0.3) is 5.91 Å². The molecular formula is C17H13N7O2. The summed E-state index contributed by atoms with van der Waals surface area (Å²) in [5.41, 5.74) is 2.87. The number of aromatic nitrogens is 6. The topological polar surface area (TPSA) is 114 Å². The minimum absolute atomic E-state index is 0.0218. The molecule has 26 heavy (non-hydrogen) atoms. The van der Waals surface area contributed by atoms with E-state index in [1.165, 1.54) is 0 Å². The van der Waals surface area contributed by atoms with Crippen molar-refractivity contribution in [3.8, 4) is 11.5 Å². The smallest absolute Gasteiger partial charge is 0.253 e. The van der Waals surface area contributed by atoms with Gasteiger partial charge in [0.05, 0.1) is 29.5 Å². The van der Waals surface area contributed by atoms with E-state index in [9.17, 15) is 4.79 Å². The highest BCUT2D eigenvalue weighted by Gasteiger charge is 2.36. The highest BCUT2D eigenvalue weighted by atomic mass is 16.5. The molecule has 9 heteroatoms. The minimum Gasteiger partial charge on any atom is -0.345 e. The molecule has 4 aromatic rings. The maximum atomic E-state index is 12.6. The normalized spacial score (nSPS) is 14.5. The third-order valence-corrected chi connectivity index (χ3v) is 4.42. The fourth-order valence-corrected chi connectivity index (χ4v) is 2.97. The number of rotatable bonds is 3. The van der Waals surface area contributed by atoms with Gasteiger partial charge in [-0.05, 0) is 18.2 Å². The Kier molecular flexibility index (Phi) is 3.24. The Morgan fingerprint density at radius 1 is 1.23 bits per heavy atom. The van der Waals surface area contributed by atoms with Crippen molar-refractivity contribution in [3.05, 3.63) is 54.6 Å². The Bertz CT molecular complexity index is 1080. The van der Waals surface area contributed by atoms with Gasteiger partial charge in [0, 0.05) is 31.0 Å². The molecule has 1 aliphatic rings. The van der Waals surface area contributed by atoms with Crippen LogP contribution in [0.5, 0.6) is 0 Å². The highest BCUT2D eigenvalue weighted by molar-refractivity contribution is 5.97. The van der Waals surface area contributed by atoms with Crippen LogP contribution >= 0.6 is 0 Å². The van der Waals surface area contributed by atoms with Gasteiger partial charge >= 0.3 is 0 Å². The standard InChI is InChI=1S/C17H13N7O2/c25-17(10-1-2-12-13(5-10)21-9-20-12)24-7-11(8-24)16-22-15(23-26-16)14-6-18-3-4-19-14/h1-6,9,11H,7-8H2,(H,20,21). The van der Waals surface area contributed by atoms with Crippen molar-refractivity contribution in [2.24, 2.45) is 0 Å². The largest absolute Gasteiger partial charge is 0.345 e. The Morgan fingerprint density at radius 2 is 2.15 bits per heavy atom. The molecule has 1 aliphatic heterocycles. The highest BCUT2D eigenvalue weighted by Crippen LogP contribution is 2.28. The monoisotopic (exact) mass is 347 g/mol. The molecule has 0 atom stereocenters. The summed E-state index contributed by atoms with van der Waals surface area (Å²) in [7, 11) is 0. The van der Waals surface area contributed by atoms with Crippen molar-refractivity contribution < 1.29 is 9.32 Å². The molecule has 1 N–H and O–H groups in total. The van der Waals surface area contributed by atoms with E-state index in [1.807, 2.05) is 12.1 Å². The number of benzene rings is 1. The molecular weight excluding hydrogens is 334 g/mol. The SMILES string of the molecule is O=C(c1ccc2nc[nH]c2c1)N1CC(c2nc(-c3cnccn3)no2)C1. The molecule has 0 saturated carbocycles. The Balaban J connectivity index is 1.28. The van der Waals surface area contributed by atoms with Gasteiger partial charge in [-0.3, -0.25) is 9.78 Å². The van der Waals surface area contributed by atoms with Gasteiger partial charge in [0.15, 0.2) is 0 Å². The van der Waals surface area contributed by atoms with Gasteiger partial charge in [-0.2, -0.15) is 4.98 Å². The zero-order valence-corrected chi connectivity index (χ0v) is 13.5. The number of nitrogens with zero attached hydrogens (tertiary/aromatic N) is 6. The molecule has 1 amide bonds. The van der Waals surface area contributed by atoms with E-state index in [2.05, 4.69) is 30.1 Å². The molecule has 0 bridgehead atoms. The number of imidazole rings is 1. The summed E-state index contributed by atoms with van der Waals surface area (Å²) >= 11 is 0. The number of carbonyl (C=O) groups is 1. The number of amides is 1. The van der Waals surface area contributed by atoms with Gasteiger partial charge in [-0.15, -0.1) is 0 Å². The predicted octanol–water partition coefficient (Wildman–Crippen LogP) is 1.64. The lowest BCUT2D eigenvalue weighted by Gasteiger charge is -2.37. The van der Waals surface area contributed by atoms with Crippen LogP contribution in [0, 0.1) is 0 Å². The molecule has 1 saturated heterocycles. The average Bonchev–Trinajstić information content (AvgIpc) is 3.30. The number of fused-ring (bicyclic) bond motifs is 1. The zero-order chi connectivity index (χ0) is 17.5. The average molecular weight is 347 g/mol. The van der Waals surface area contributed by atoms with Crippen molar-refractivity contribution in [3.63, 3.8) is 0 Å². The first-order valence-corrected chi connectivity index (χ1v) is 8.10. The van der Waals surface area contributed by atoms with Crippen molar-refractivity contribution in [2.45, 2.75) is 5.92 Å². The van der Waals surface area contributed by atoms with Crippen molar-refractivity contribution in [2.75, 3.05) is 13.1 Å². The first-order valence-electron chi connectivity index (χ1n) is 8.10. The fraction of sp³-hybridized carbons (Fsp3) is 0.176. The number of hydrogen-bond acceptors (Lipinski definition) is 7. The molecule has 128 valence electrons. The molecule has 0 radical (unpaired) electrons. The van der Waals surface area contributed by atoms with Crippen LogP contribution in [-0.4, -0.2) is 54.0 Å². The van der Waals surface area contributed by atoms with E-state index >= 15 is 0 Å². The maximum absolute atomic E-state index is 12.6. The van der Waals surface area contributed by atoms with Gasteiger partial charge < -0.3 is 14.4 Å². The summed E-state index contributed by atoms with van der Waals surface area (Å²) in [5.74, 6) is 0.931. The van der Waals surface area contributed by atoms with Crippen LogP contribution in [0.2, 0.25) is 0 Å². The van der Waals surface area contributed by atoms with E-state index in [-0.39, 0.29) is 11.8 Å². The van der Waals surface area contributed by atoms with Crippen LogP contribution in [0.3, 0.4) is 0 Å². The lowest BCUT2D eigenvalue weighted by molar-refractivity contribution is 0.0569. The second-order valence-corrected chi connectivity index (χ2v) is 6.09. The minimum atomic E-state index is -0.0218. The van der Waals surface area contributed by atoms with Crippen molar-refractivity contribution in [1.82, 2.24) is 35.0 Å². The Hall–Kier alpha value is -3.62. The molecule has 5 rings (SSSR count). The number of nitrogens with one attached hydrogen (secondary N) is 1. The first-order chi connectivity index (χ1) is 12.8. The molecule has 9 nitrogen and oxygen atoms in total. The van der Waals surface area contributed by atoms with E-state index in [0.717, 1.165) is 11.0 Å². The third-order valence-electron chi connectivity index (χ3n) is 4.42. The second-order valence-electron chi connectivity index (χ2n) is 6.09. The molecule has 1 aromatic carbocycles. The third kappa shape index (κ3) is 2.41. The quantitative estimate of drug-likeness (QED) is 0.599. The van der Waals surface area contributed by atoms with Crippen LogP contribution < -0.4 is 0 Å². The zero-order valence-electron chi connectivity index (χ0n) is 13.5. The summed E-state index contributed by atoms with van der Waals surface area (Å²) in [6.45, 7) is 1.09. The molecule has 0 unspecified atom stereocenters. The van der Waals surface area contributed by atoms with Crippen LogP contribution in [0.15, 0.2) is 47.6 Å². The summed E-state index contributed by atoms with van der Waals surface area (Å²) in [6, 6.07) is 5.44. The number of aromatic amines is 1. The van der Waals surface area contributed by atoms with Gasteiger partial charge in [-0.1, -0.05) is 5.16 Å². The van der Waals surface area contributed by atoms with Crippen molar-refractivity contribution >= 4 is 16.9 Å². The van der Waals surface area contributed by atoms with E-state index in [1.54, 1.807) is 35.9 Å². The van der Waals surface area contributed by atoms with Gasteiger partial charge in [0.1, 0.15) is 5.69 Å². The molecule has 3 aromatic heterocycles. The Morgan fingerprint density at radius 3 is 3.00 bits per heavy atom. The molecule has 4 heterocycles. The summed E-state index contributed by atoms with van der Waals surface area (Å²) in [5, 5.41) is 3.94. The molecule has 1 fully saturated rings. The molecule has 0 spiro atoms. The number of hydrogen-bond donors (Lipinski definition) is 1. The number of likely N-dealkylation sites (tertiary alicyclic amines) is 1. The van der Waals surface area contributed by atoms with Crippen molar-refractivity contribution in [1.29, 1.82) is 0 Å². The van der Waals surface area contributed by atoms with Crippen LogP contribution in [0.25, 0.3) is 22.6 Å². The maximum Gasteiger partial charge on any atom is 0.253 e. The number of H-pyrrole nitrogens is 1. The summed E-state index contributed by atoms with van der Waals surface area (Å²) < 4.78 is 5.32. The van der Waals surface area contributed by atoms with Gasteiger partial charge in [0.2, 0.25) is 11.7 Å². The van der Waals surface area contributed by atoms with Crippen LogP contribution in [-0.2, 0) is 0 Å². The van der Waals surface area contributed by atoms with Gasteiger partial charge in [-0.25, -0.2) is 9.97 Å². The molecule has 0 aliphatic carbocycles. The van der Waals surface area contributed by atoms with E-state index in [4.69, 9.17) is 4.52 Å². The number of carbonyl (C=O) groups excluding carboxylic acids is 1. The summed E-state index contributed by atoms with van der Waals surface area (Å²) in [4.78, 5) is 34.0. The fourth-order valence-electron chi connectivity index (χ4n) is 2.97. The lowest BCUT2D eigenvalue weighted by Crippen LogP contribution is -2.48. The van der Waals surface area contributed by atoms with E-state index < -0.39 is 0 Å². The summed E-state index contributed by atoms with van der Waals surface area (Å²) in [6.07, 6.45) is 6.35. The predicted molar refractivity (Wildman–Crippen MR) is 90.1 cm³/mol. The van der Waals surface area contributed by atoms with E-state index in [0.29, 0.717) is 36.1 Å². The van der Waals surface area contributed by atoms with Crippen LogP contribution in [0.1, 0.15) is 22.2 Å². The Labute approximate surface area is 147 Å².